The summed E-state index contributed by atoms with van der Waals surface area (Å²) in [5.41, 5.74) is 2.35. The number of piperidine rings is 1. The van der Waals surface area contributed by atoms with Gasteiger partial charge in [-0.05, 0) is 69.1 Å². The molecule has 6 nitrogen and oxygen atoms in total. The fraction of sp³-hybridized carbons (Fsp3) is 0.391. The number of halogens is 1. The second kappa shape index (κ2) is 9.85. The second-order valence-corrected chi connectivity index (χ2v) is 9.37. The highest BCUT2D eigenvalue weighted by molar-refractivity contribution is 7.16. The van der Waals surface area contributed by atoms with E-state index in [1.54, 1.807) is 48.4 Å². The average molecular weight is 460 g/mol. The van der Waals surface area contributed by atoms with Crippen LogP contribution in [0.1, 0.15) is 45.4 Å². The summed E-state index contributed by atoms with van der Waals surface area (Å²) in [7, 11) is 3.14. The zero-order chi connectivity index (χ0) is 21.8. The molecule has 1 N–H and O–H groups in total. The zero-order valence-electron chi connectivity index (χ0n) is 17.7. The molecule has 31 heavy (non-hydrogen) atoms. The summed E-state index contributed by atoms with van der Waals surface area (Å²) in [6.45, 7) is 1.95. The second-order valence-electron chi connectivity index (χ2n) is 7.57. The van der Waals surface area contributed by atoms with Gasteiger partial charge >= 0.3 is 0 Å². The van der Waals surface area contributed by atoms with Gasteiger partial charge in [-0.2, -0.15) is 5.10 Å². The van der Waals surface area contributed by atoms with Gasteiger partial charge in [0.15, 0.2) is 0 Å². The van der Waals surface area contributed by atoms with Crippen LogP contribution in [0.15, 0.2) is 36.4 Å². The lowest BCUT2D eigenvalue weighted by Crippen LogP contribution is -2.27. The first-order valence-corrected chi connectivity index (χ1v) is 11.6. The molecular formula is C23H26ClN3O3S. The third-order valence-corrected chi connectivity index (χ3v) is 6.94. The van der Waals surface area contributed by atoms with Gasteiger partial charge < -0.3 is 14.8 Å². The molecule has 0 radical (unpaired) electrons. The Bertz CT molecular complexity index is 1060. The maximum atomic E-state index is 13.5. The van der Waals surface area contributed by atoms with Crippen LogP contribution in [-0.2, 0) is 12.8 Å². The van der Waals surface area contributed by atoms with Gasteiger partial charge in [0.25, 0.3) is 5.91 Å². The number of ether oxygens (including phenoxy) is 2. The van der Waals surface area contributed by atoms with Crippen LogP contribution in [0.25, 0.3) is 0 Å². The van der Waals surface area contributed by atoms with E-state index < -0.39 is 0 Å². The normalized spacial score (nSPS) is 14.5. The van der Waals surface area contributed by atoms with E-state index in [1.807, 2.05) is 12.1 Å². The predicted molar refractivity (Wildman–Crippen MR) is 123 cm³/mol. The van der Waals surface area contributed by atoms with Gasteiger partial charge in [0.05, 0.1) is 29.8 Å². The van der Waals surface area contributed by atoms with Gasteiger partial charge in [0.1, 0.15) is 11.5 Å². The minimum absolute atomic E-state index is 0.195. The molecule has 8 heteroatoms. The first-order valence-electron chi connectivity index (χ1n) is 10.4. The molecule has 3 heterocycles. The maximum Gasteiger partial charge on any atom is 0.282 e. The highest BCUT2D eigenvalue weighted by Gasteiger charge is 2.24. The summed E-state index contributed by atoms with van der Waals surface area (Å²) in [5.74, 6) is 1.28. The van der Waals surface area contributed by atoms with Gasteiger partial charge in [-0.3, -0.25) is 4.79 Å². The molecule has 1 fully saturated rings. The largest absolute Gasteiger partial charge is 0.497 e. The van der Waals surface area contributed by atoms with E-state index in [2.05, 4.69) is 11.4 Å². The first-order chi connectivity index (χ1) is 15.1. The number of nitrogens with zero attached hydrogens (tertiary/aromatic N) is 2. The van der Waals surface area contributed by atoms with Gasteiger partial charge in [-0.15, -0.1) is 11.3 Å². The molecule has 0 amide bonds. The molecule has 0 saturated carbocycles. The quantitative estimate of drug-likeness (QED) is 0.561. The number of thiophene rings is 1. The lowest BCUT2D eigenvalue weighted by atomic mass is 9.94. The SMILES string of the molecule is COc1ccc(C(=O)n2nc(C3CCNCC3)cc2CCc2ccc(Cl)s2)c(OC)c1. The fourth-order valence-electron chi connectivity index (χ4n) is 3.94. The predicted octanol–water partition coefficient (Wildman–Crippen LogP) is 4.56. The molecule has 1 saturated heterocycles. The van der Waals surface area contributed by atoms with Gasteiger partial charge in [-0.1, -0.05) is 11.6 Å². The summed E-state index contributed by atoms with van der Waals surface area (Å²) in [6, 6.07) is 11.3. The van der Waals surface area contributed by atoms with E-state index in [1.165, 1.54) is 4.88 Å². The average Bonchev–Trinajstić information content (AvgIpc) is 3.43. The number of carbonyl (C=O) groups excluding carboxylic acids is 1. The van der Waals surface area contributed by atoms with E-state index in [4.69, 9.17) is 26.2 Å². The third-order valence-electron chi connectivity index (χ3n) is 5.65. The van der Waals surface area contributed by atoms with Crippen molar-refractivity contribution in [3.05, 3.63) is 62.6 Å². The third kappa shape index (κ3) is 4.95. The number of carbonyl (C=O) groups is 1. The molecule has 4 rings (SSSR count). The molecule has 2 aromatic heterocycles. The Balaban J connectivity index is 1.66. The number of benzene rings is 1. The number of methoxy groups -OCH3 is 2. The van der Waals surface area contributed by atoms with Crippen LogP contribution in [0.5, 0.6) is 11.5 Å². The minimum atomic E-state index is -0.195. The van der Waals surface area contributed by atoms with Crippen LogP contribution in [0, 0.1) is 0 Å². The molecule has 0 atom stereocenters. The summed E-state index contributed by atoms with van der Waals surface area (Å²) in [5, 5.41) is 8.16. The molecule has 0 unspecified atom stereocenters. The Morgan fingerprint density at radius 2 is 1.97 bits per heavy atom. The number of hydrogen-bond acceptors (Lipinski definition) is 6. The van der Waals surface area contributed by atoms with Crippen LogP contribution in [-0.4, -0.2) is 43.0 Å². The highest BCUT2D eigenvalue weighted by atomic mass is 35.5. The molecule has 1 aliphatic heterocycles. The molecular weight excluding hydrogens is 434 g/mol. The summed E-state index contributed by atoms with van der Waals surface area (Å²) in [4.78, 5) is 14.7. The van der Waals surface area contributed by atoms with Crippen LogP contribution in [0.4, 0.5) is 0 Å². The van der Waals surface area contributed by atoms with Crippen molar-refractivity contribution in [3.63, 3.8) is 0 Å². The van der Waals surface area contributed by atoms with Crippen molar-refractivity contribution < 1.29 is 14.3 Å². The first kappa shape index (κ1) is 21.9. The van der Waals surface area contributed by atoms with Crippen molar-refractivity contribution in [2.45, 2.75) is 31.6 Å². The van der Waals surface area contributed by atoms with Crippen LogP contribution < -0.4 is 14.8 Å². The molecule has 3 aromatic rings. The molecule has 164 valence electrons. The standard InChI is InChI=1S/C23H26ClN3O3S/c1-29-17-4-7-19(21(14-17)30-2)23(28)27-16(3-5-18-6-8-22(24)31-18)13-20(26-27)15-9-11-25-12-10-15/h4,6-8,13-15,25H,3,5,9-12H2,1-2H3. The Morgan fingerprint density at radius 3 is 2.65 bits per heavy atom. The lowest BCUT2D eigenvalue weighted by Gasteiger charge is -2.20. The Kier molecular flexibility index (Phi) is 6.95. The molecule has 0 bridgehead atoms. The molecule has 1 aliphatic rings. The molecule has 0 spiro atoms. The van der Waals surface area contributed by atoms with Crippen LogP contribution in [0.2, 0.25) is 4.34 Å². The Labute approximate surface area is 191 Å². The van der Waals surface area contributed by atoms with Crippen molar-refractivity contribution in [3.8, 4) is 11.5 Å². The minimum Gasteiger partial charge on any atom is -0.497 e. The van der Waals surface area contributed by atoms with E-state index in [-0.39, 0.29) is 5.91 Å². The van der Waals surface area contributed by atoms with Gasteiger partial charge in [-0.25, -0.2) is 4.68 Å². The summed E-state index contributed by atoms with van der Waals surface area (Å²) < 4.78 is 13.1. The van der Waals surface area contributed by atoms with Crippen molar-refractivity contribution in [1.29, 1.82) is 0 Å². The number of rotatable bonds is 7. The van der Waals surface area contributed by atoms with Gasteiger partial charge in [0.2, 0.25) is 0 Å². The van der Waals surface area contributed by atoms with E-state index >= 15 is 0 Å². The summed E-state index contributed by atoms with van der Waals surface area (Å²) >= 11 is 7.66. The fourth-order valence-corrected chi connectivity index (χ4v) is 5.03. The number of aryl methyl sites for hydroxylation is 2. The lowest BCUT2D eigenvalue weighted by molar-refractivity contribution is 0.0937. The Hall–Kier alpha value is -2.35. The number of nitrogens with one attached hydrogen (secondary N) is 1. The Morgan fingerprint density at radius 1 is 1.16 bits per heavy atom. The number of hydrogen-bond donors (Lipinski definition) is 1. The van der Waals surface area contributed by atoms with Crippen molar-refractivity contribution in [1.82, 2.24) is 15.1 Å². The van der Waals surface area contributed by atoms with E-state index in [0.29, 0.717) is 29.4 Å². The number of aromatic nitrogens is 2. The zero-order valence-corrected chi connectivity index (χ0v) is 19.3. The van der Waals surface area contributed by atoms with Crippen molar-refractivity contribution in [2.75, 3.05) is 27.3 Å². The van der Waals surface area contributed by atoms with Crippen molar-refractivity contribution in [2.24, 2.45) is 0 Å². The maximum absolute atomic E-state index is 13.5. The van der Waals surface area contributed by atoms with E-state index in [9.17, 15) is 4.79 Å². The highest BCUT2D eigenvalue weighted by Crippen LogP contribution is 2.29. The van der Waals surface area contributed by atoms with Crippen molar-refractivity contribution >= 4 is 28.8 Å². The van der Waals surface area contributed by atoms with Crippen LogP contribution in [0.3, 0.4) is 0 Å². The van der Waals surface area contributed by atoms with Crippen LogP contribution >= 0.6 is 22.9 Å². The monoisotopic (exact) mass is 459 g/mol. The van der Waals surface area contributed by atoms with Gasteiger partial charge in [0, 0.05) is 22.6 Å². The smallest absolute Gasteiger partial charge is 0.282 e. The molecule has 0 aliphatic carbocycles. The van der Waals surface area contributed by atoms with E-state index in [0.717, 1.165) is 48.1 Å². The summed E-state index contributed by atoms with van der Waals surface area (Å²) in [6.07, 6.45) is 3.56. The topological polar surface area (TPSA) is 65.4 Å². The molecule has 1 aromatic carbocycles.